The second kappa shape index (κ2) is 1.83. The standard InChI is InChI=1S/C5H7ClO/c6-3-4-1-2-5(4)7/h4H,1-3H2/t4-/m1/s1. The van der Waals surface area contributed by atoms with E-state index in [1.165, 1.54) is 0 Å². The molecular weight excluding hydrogens is 112 g/mol. The Kier molecular flexibility index (Phi) is 1.33. The van der Waals surface area contributed by atoms with Gasteiger partial charge in [0.15, 0.2) is 0 Å². The van der Waals surface area contributed by atoms with Crippen molar-refractivity contribution in [2.24, 2.45) is 5.92 Å². The minimum atomic E-state index is 0.210. The lowest BCUT2D eigenvalue weighted by molar-refractivity contribution is -0.128. The lowest BCUT2D eigenvalue weighted by Gasteiger charge is -2.20. The summed E-state index contributed by atoms with van der Waals surface area (Å²) in [6, 6.07) is 0. The van der Waals surface area contributed by atoms with Crippen molar-refractivity contribution in [1.29, 1.82) is 0 Å². The summed E-state index contributed by atoms with van der Waals surface area (Å²) >= 11 is 5.38. The predicted octanol–water partition coefficient (Wildman–Crippen LogP) is 1.20. The average molecular weight is 119 g/mol. The molecule has 0 amide bonds. The molecule has 0 heterocycles. The van der Waals surface area contributed by atoms with Gasteiger partial charge in [-0.2, -0.15) is 0 Å². The van der Waals surface area contributed by atoms with Gasteiger partial charge in [-0.05, 0) is 6.42 Å². The Balaban J connectivity index is 2.29. The summed E-state index contributed by atoms with van der Waals surface area (Å²) in [6.07, 6.45) is 1.78. The van der Waals surface area contributed by atoms with Crippen molar-refractivity contribution in [2.45, 2.75) is 12.8 Å². The molecule has 7 heavy (non-hydrogen) atoms. The van der Waals surface area contributed by atoms with Gasteiger partial charge in [-0.1, -0.05) is 0 Å². The van der Waals surface area contributed by atoms with Gasteiger partial charge in [0.2, 0.25) is 0 Å². The molecule has 40 valence electrons. The summed E-state index contributed by atoms with van der Waals surface area (Å²) < 4.78 is 0. The Morgan fingerprint density at radius 1 is 1.86 bits per heavy atom. The molecule has 1 saturated carbocycles. The third kappa shape index (κ3) is 0.778. The van der Waals surface area contributed by atoms with Crippen LogP contribution in [0.25, 0.3) is 0 Å². The van der Waals surface area contributed by atoms with Crippen molar-refractivity contribution in [3.8, 4) is 0 Å². The molecule has 0 radical (unpaired) electrons. The number of rotatable bonds is 1. The molecule has 0 unspecified atom stereocenters. The van der Waals surface area contributed by atoms with Crippen molar-refractivity contribution >= 4 is 17.4 Å². The van der Waals surface area contributed by atoms with Gasteiger partial charge in [0.05, 0.1) is 0 Å². The van der Waals surface area contributed by atoms with Crippen LogP contribution in [0.15, 0.2) is 0 Å². The molecule has 1 nitrogen and oxygen atoms in total. The van der Waals surface area contributed by atoms with Crippen LogP contribution in [-0.4, -0.2) is 11.7 Å². The predicted molar refractivity (Wildman–Crippen MR) is 28.5 cm³/mol. The number of hydrogen-bond acceptors (Lipinski definition) is 1. The Labute approximate surface area is 47.7 Å². The van der Waals surface area contributed by atoms with Gasteiger partial charge in [0.1, 0.15) is 5.78 Å². The van der Waals surface area contributed by atoms with Crippen LogP contribution >= 0.6 is 11.6 Å². The molecule has 0 aromatic carbocycles. The number of Topliss-reactive ketones (excluding diaryl/α,β-unsaturated/α-hetero) is 1. The summed E-state index contributed by atoms with van der Waals surface area (Å²) in [5, 5.41) is 0. The molecule has 0 spiro atoms. The maximum atomic E-state index is 10.4. The van der Waals surface area contributed by atoms with Crippen molar-refractivity contribution in [3.63, 3.8) is 0 Å². The highest BCUT2D eigenvalue weighted by Gasteiger charge is 2.26. The first kappa shape index (κ1) is 5.10. The molecule has 0 saturated heterocycles. The molecule has 0 aliphatic heterocycles. The van der Waals surface area contributed by atoms with Gasteiger partial charge in [0.25, 0.3) is 0 Å². The molecule has 0 N–H and O–H groups in total. The fraction of sp³-hybridized carbons (Fsp3) is 0.800. The van der Waals surface area contributed by atoms with Crippen LogP contribution in [-0.2, 0) is 4.79 Å². The first-order valence-corrected chi connectivity index (χ1v) is 2.96. The van der Waals surface area contributed by atoms with Crippen LogP contribution < -0.4 is 0 Å². The van der Waals surface area contributed by atoms with E-state index in [1.807, 2.05) is 0 Å². The van der Waals surface area contributed by atoms with E-state index in [1.54, 1.807) is 0 Å². The number of alkyl halides is 1. The summed E-state index contributed by atoms with van der Waals surface area (Å²) in [4.78, 5) is 10.4. The van der Waals surface area contributed by atoms with E-state index in [4.69, 9.17) is 11.6 Å². The van der Waals surface area contributed by atoms with Gasteiger partial charge in [-0.15, -0.1) is 11.6 Å². The van der Waals surface area contributed by atoms with Crippen molar-refractivity contribution in [3.05, 3.63) is 0 Å². The third-order valence-corrected chi connectivity index (χ3v) is 1.75. The molecule has 1 atom stereocenters. The highest BCUT2D eigenvalue weighted by molar-refractivity contribution is 6.19. The minimum Gasteiger partial charge on any atom is -0.299 e. The van der Waals surface area contributed by atoms with Crippen LogP contribution in [0.2, 0.25) is 0 Å². The van der Waals surface area contributed by atoms with Gasteiger partial charge in [0, 0.05) is 18.2 Å². The summed E-state index contributed by atoms with van der Waals surface area (Å²) in [5.74, 6) is 1.08. The van der Waals surface area contributed by atoms with Crippen molar-refractivity contribution in [2.75, 3.05) is 5.88 Å². The molecular formula is C5H7ClO. The largest absolute Gasteiger partial charge is 0.299 e. The smallest absolute Gasteiger partial charge is 0.137 e. The molecule has 1 rings (SSSR count). The molecule has 0 aromatic heterocycles. The van der Waals surface area contributed by atoms with Crippen LogP contribution in [0.3, 0.4) is 0 Å². The zero-order valence-electron chi connectivity index (χ0n) is 3.98. The van der Waals surface area contributed by atoms with Crippen LogP contribution in [0.5, 0.6) is 0 Å². The molecule has 0 bridgehead atoms. The minimum absolute atomic E-state index is 0.210. The number of carbonyl (C=O) groups excluding carboxylic acids is 1. The molecule has 1 aliphatic rings. The molecule has 1 fully saturated rings. The van der Waals surface area contributed by atoms with Gasteiger partial charge < -0.3 is 0 Å². The SMILES string of the molecule is O=C1CC[C@@H]1CCl. The maximum Gasteiger partial charge on any atom is 0.137 e. The highest BCUT2D eigenvalue weighted by Crippen LogP contribution is 2.22. The van der Waals surface area contributed by atoms with Crippen LogP contribution in [0, 0.1) is 5.92 Å². The maximum absolute atomic E-state index is 10.4. The highest BCUT2D eigenvalue weighted by atomic mass is 35.5. The Morgan fingerprint density at radius 2 is 2.57 bits per heavy atom. The third-order valence-electron chi connectivity index (χ3n) is 1.38. The number of hydrogen-bond donors (Lipinski definition) is 0. The average Bonchev–Trinajstić information content (AvgIpc) is 1.65. The van der Waals surface area contributed by atoms with Gasteiger partial charge in [-0.3, -0.25) is 4.79 Å². The van der Waals surface area contributed by atoms with Crippen LogP contribution in [0.4, 0.5) is 0 Å². The molecule has 1 aliphatic carbocycles. The first-order valence-electron chi connectivity index (χ1n) is 2.43. The monoisotopic (exact) mass is 118 g/mol. The van der Waals surface area contributed by atoms with E-state index >= 15 is 0 Å². The van der Waals surface area contributed by atoms with Crippen LogP contribution in [0.1, 0.15) is 12.8 Å². The fourth-order valence-corrected chi connectivity index (χ4v) is 0.956. The molecule has 2 heteroatoms. The first-order chi connectivity index (χ1) is 3.34. The van der Waals surface area contributed by atoms with E-state index in [-0.39, 0.29) is 5.92 Å². The van der Waals surface area contributed by atoms with Gasteiger partial charge in [-0.25, -0.2) is 0 Å². The lowest BCUT2D eigenvalue weighted by Crippen LogP contribution is -2.26. The zero-order chi connectivity index (χ0) is 5.28. The van der Waals surface area contributed by atoms with Gasteiger partial charge >= 0.3 is 0 Å². The van der Waals surface area contributed by atoms with E-state index < -0.39 is 0 Å². The topological polar surface area (TPSA) is 17.1 Å². The van der Waals surface area contributed by atoms with E-state index in [9.17, 15) is 4.79 Å². The summed E-state index contributed by atoms with van der Waals surface area (Å²) in [6.45, 7) is 0. The van der Waals surface area contributed by atoms with Crippen molar-refractivity contribution < 1.29 is 4.79 Å². The van der Waals surface area contributed by atoms with E-state index in [0.29, 0.717) is 11.7 Å². The number of halogens is 1. The Morgan fingerprint density at radius 3 is 2.57 bits per heavy atom. The van der Waals surface area contributed by atoms with E-state index in [2.05, 4.69) is 0 Å². The number of ketones is 1. The lowest BCUT2D eigenvalue weighted by atomic mass is 9.86. The summed E-state index contributed by atoms with van der Waals surface area (Å²) in [7, 11) is 0. The zero-order valence-corrected chi connectivity index (χ0v) is 4.74. The fourth-order valence-electron chi connectivity index (χ4n) is 0.630. The number of carbonyl (C=O) groups is 1. The van der Waals surface area contributed by atoms with E-state index in [0.717, 1.165) is 12.8 Å². The Hall–Kier alpha value is -0.0400. The second-order valence-corrected chi connectivity index (χ2v) is 2.16. The summed E-state index contributed by atoms with van der Waals surface area (Å²) in [5.41, 5.74) is 0. The Bertz CT molecular complexity index is 88.1. The normalized spacial score (nSPS) is 29.9. The quantitative estimate of drug-likeness (QED) is 0.473. The molecule has 0 aromatic rings. The second-order valence-electron chi connectivity index (χ2n) is 1.86. The van der Waals surface area contributed by atoms with Crippen molar-refractivity contribution in [1.82, 2.24) is 0 Å².